The third kappa shape index (κ3) is 2.94. The Balaban J connectivity index is 2.20. The number of fused-ring (bicyclic) bond motifs is 1. The van der Waals surface area contributed by atoms with Gasteiger partial charge in [0.2, 0.25) is 11.7 Å². The minimum Gasteiger partial charge on any atom is -0.491 e. The van der Waals surface area contributed by atoms with Gasteiger partial charge in [0.1, 0.15) is 5.52 Å². The lowest BCUT2D eigenvalue weighted by molar-refractivity contribution is 0.324. The molecule has 0 aliphatic heterocycles. The van der Waals surface area contributed by atoms with Crippen LogP contribution in [-0.4, -0.2) is 40.8 Å². The number of anilines is 1. The van der Waals surface area contributed by atoms with E-state index in [9.17, 15) is 0 Å². The van der Waals surface area contributed by atoms with Gasteiger partial charge in [0, 0.05) is 5.56 Å². The molecule has 0 atom stereocenters. The molecule has 26 heavy (non-hydrogen) atoms. The van der Waals surface area contributed by atoms with Crippen molar-refractivity contribution in [3.05, 3.63) is 27.1 Å². The lowest BCUT2D eigenvalue weighted by Gasteiger charge is -2.19. The van der Waals surface area contributed by atoms with Crippen LogP contribution in [0.3, 0.4) is 0 Å². The number of hydrogen-bond acceptors (Lipinski definition) is 7. The number of ether oxygens (including phenoxy) is 3. The molecule has 3 aromatic rings. The quantitative estimate of drug-likeness (QED) is 0.634. The summed E-state index contributed by atoms with van der Waals surface area (Å²) in [5.41, 5.74) is 7.08. The molecule has 2 aromatic heterocycles. The van der Waals surface area contributed by atoms with Crippen LogP contribution in [0.4, 0.5) is 5.95 Å². The molecule has 0 unspecified atom stereocenters. The highest BCUT2D eigenvalue weighted by molar-refractivity contribution is 6.38. The fourth-order valence-corrected chi connectivity index (χ4v) is 3.48. The number of nitrogen functional groups attached to an aromatic ring is 1. The third-order valence-corrected chi connectivity index (χ3v) is 4.78. The molecule has 3 rings (SSSR count). The number of nitrogens with zero attached hydrogens (tertiary/aromatic N) is 4. The predicted octanol–water partition coefficient (Wildman–Crippen LogP) is 3.44. The van der Waals surface area contributed by atoms with Crippen molar-refractivity contribution in [3.63, 3.8) is 0 Å². The van der Waals surface area contributed by atoms with Crippen molar-refractivity contribution in [2.75, 3.05) is 27.1 Å². The van der Waals surface area contributed by atoms with Crippen molar-refractivity contribution in [2.24, 2.45) is 0 Å². The number of aromatic nitrogens is 4. The van der Waals surface area contributed by atoms with E-state index in [1.807, 2.05) is 0 Å². The van der Waals surface area contributed by atoms with Crippen molar-refractivity contribution in [2.45, 2.75) is 6.54 Å². The van der Waals surface area contributed by atoms with Crippen molar-refractivity contribution in [3.8, 4) is 17.2 Å². The molecule has 0 spiro atoms. The molecule has 2 heterocycles. The number of hydrogen-bond donors (Lipinski definition) is 1. The summed E-state index contributed by atoms with van der Waals surface area (Å²) >= 11 is 19.1. The number of rotatable bonds is 5. The Morgan fingerprint density at radius 3 is 2.08 bits per heavy atom. The summed E-state index contributed by atoms with van der Waals surface area (Å²) in [6.07, 6.45) is 1.54. The molecule has 0 fully saturated rings. The first-order valence-corrected chi connectivity index (χ1v) is 8.35. The molecule has 2 N–H and O–H groups in total. The van der Waals surface area contributed by atoms with Crippen LogP contribution in [0.15, 0.2) is 6.33 Å². The monoisotopic (exact) mass is 417 g/mol. The second kappa shape index (κ2) is 7.22. The van der Waals surface area contributed by atoms with Gasteiger partial charge in [-0.15, -0.1) is 0 Å². The van der Waals surface area contributed by atoms with Gasteiger partial charge in [-0.2, -0.15) is 9.97 Å². The predicted molar refractivity (Wildman–Crippen MR) is 100.0 cm³/mol. The van der Waals surface area contributed by atoms with E-state index in [1.165, 1.54) is 21.3 Å². The minimum atomic E-state index is 0.0336. The highest BCUT2D eigenvalue weighted by Crippen LogP contribution is 2.50. The lowest BCUT2D eigenvalue weighted by atomic mass is 10.1. The number of nitrogens with two attached hydrogens (primary N) is 1. The molecule has 138 valence electrons. The zero-order chi connectivity index (χ0) is 19.0. The van der Waals surface area contributed by atoms with Crippen LogP contribution in [0.25, 0.3) is 11.2 Å². The van der Waals surface area contributed by atoms with Crippen LogP contribution in [0.1, 0.15) is 5.56 Å². The van der Waals surface area contributed by atoms with E-state index in [1.54, 1.807) is 10.9 Å². The van der Waals surface area contributed by atoms with Crippen LogP contribution >= 0.6 is 34.8 Å². The highest BCUT2D eigenvalue weighted by Gasteiger charge is 2.25. The van der Waals surface area contributed by atoms with Gasteiger partial charge < -0.3 is 24.5 Å². The molecule has 0 aliphatic carbocycles. The average molecular weight is 419 g/mol. The Hall–Kier alpha value is -2.16. The van der Waals surface area contributed by atoms with Crippen LogP contribution in [0.2, 0.25) is 15.2 Å². The number of halogens is 3. The van der Waals surface area contributed by atoms with E-state index in [4.69, 9.17) is 54.7 Å². The summed E-state index contributed by atoms with van der Waals surface area (Å²) in [4.78, 5) is 12.3. The van der Waals surface area contributed by atoms with Crippen molar-refractivity contribution >= 4 is 51.9 Å². The molecule has 0 amide bonds. The van der Waals surface area contributed by atoms with E-state index in [2.05, 4.69) is 15.0 Å². The fraction of sp³-hybridized carbons (Fsp3) is 0.267. The molecule has 0 saturated carbocycles. The van der Waals surface area contributed by atoms with Gasteiger partial charge in [-0.05, 0) is 0 Å². The molecule has 0 bridgehead atoms. The third-order valence-electron chi connectivity index (χ3n) is 3.72. The van der Waals surface area contributed by atoms with E-state index in [0.29, 0.717) is 34.0 Å². The molecule has 8 nitrogen and oxygen atoms in total. The van der Waals surface area contributed by atoms with Crippen LogP contribution in [0, 0.1) is 0 Å². The maximum Gasteiger partial charge on any atom is 0.223 e. The van der Waals surface area contributed by atoms with Crippen molar-refractivity contribution in [1.82, 2.24) is 19.5 Å². The molecule has 11 heteroatoms. The van der Waals surface area contributed by atoms with Crippen LogP contribution in [0.5, 0.6) is 17.2 Å². The Bertz CT molecular complexity index is 962. The summed E-state index contributed by atoms with van der Waals surface area (Å²) < 4.78 is 17.7. The highest BCUT2D eigenvalue weighted by atomic mass is 35.5. The van der Waals surface area contributed by atoms with E-state index in [-0.39, 0.29) is 27.7 Å². The first-order valence-electron chi connectivity index (χ1n) is 7.22. The summed E-state index contributed by atoms with van der Waals surface area (Å²) in [5.74, 6) is 0.953. The largest absolute Gasteiger partial charge is 0.491 e. The molecule has 0 saturated heterocycles. The summed E-state index contributed by atoms with van der Waals surface area (Å²) in [7, 11) is 4.42. The number of imidazole rings is 1. The first kappa shape index (κ1) is 18.6. The van der Waals surface area contributed by atoms with Crippen LogP contribution in [-0.2, 0) is 6.54 Å². The SMILES string of the molecule is COc1c(Cl)c(Cn2cnc3c(Cl)nc(N)nc32)c(Cl)c(OC)c1OC. The molecule has 0 aliphatic rings. The zero-order valence-electron chi connectivity index (χ0n) is 14.0. The van der Waals surface area contributed by atoms with Gasteiger partial charge in [-0.3, -0.25) is 0 Å². The summed E-state index contributed by atoms with van der Waals surface area (Å²) in [6.45, 7) is 0.220. The normalized spacial score (nSPS) is 11.0. The Morgan fingerprint density at radius 1 is 0.962 bits per heavy atom. The van der Waals surface area contributed by atoms with E-state index < -0.39 is 0 Å². The lowest BCUT2D eigenvalue weighted by Crippen LogP contribution is -2.06. The Morgan fingerprint density at radius 2 is 1.54 bits per heavy atom. The molecular weight excluding hydrogens is 405 g/mol. The minimum absolute atomic E-state index is 0.0336. The summed E-state index contributed by atoms with van der Waals surface area (Å²) in [5, 5.41) is 0.726. The van der Waals surface area contributed by atoms with Gasteiger partial charge in [-0.1, -0.05) is 34.8 Å². The maximum atomic E-state index is 6.50. The fourth-order valence-electron chi connectivity index (χ4n) is 2.57. The van der Waals surface area contributed by atoms with Crippen molar-refractivity contribution < 1.29 is 14.2 Å². The molecule has 1 aromatic carbocycles. The maximum absolute atomic E-state index is 6.50. The van der Waals surface area contributed by atoms with Gasteiger partial charge >= 0.3 is 0 Å². The summed E-state index contributed by atoms with van der Waals surface area (Å²) in [6, 6.07) is 0. The molecule has 0 radical (unpaired) electrons. The van der Waals surface area contributed by atoms with Gasteiger partial charge in [-0.25, -0.2) is 4.98 Å². The second-order valence-electron chi connectivity index (χ2n) is 5.12. The van der Waals surface area contributed by atoms with Crippen molar-refractivity contribution in [1.29, 1.82) is 0 Å². The average Bonchev–Trinajstić information content (AvgIpc) is 3.01. The van der Waals surface area contributed by atoms with E-state index >= 15 is 0 Å². The topological polar surface area (TPSA) is 97.3 Å². The number of benzene rings is 1. The molecular formula is C15H14Cl3N5O3. The van der Waals surface area contributed by atoms with Gasteiger partial charge in [0.25, 0.3) is 0 Å². The van der Waals surface area contributed by atoms with Gasteiger partial charge in [0.15, 0.2) is 22.3 Å². The zero-order valence-corrected chi connectivity index (χ0v) is 16.3. The Kier molecular flexibility index (Phi) is 5.17. The van der Waals surface area contributed by atoms with Crippen LogP contribution < -0.4 is 19.9 Å². The second-order valence-corrected chi connectivity index (χ2v) is 6.24. The first-order chi connectivity index (χ1) is 12.4. The standard InChI is InChI=1S/C15H14Cl3N5O3/c1-24-10-7(16)6(8(17)11(25-2)12(10)26-3)4-23-5-20-9-13(18)21-15(19)22-14(9)23/h5H,4H2,1-3H3,(H2,19,21,22). The number of methoxy groups -OCH3 is 3. The Labute approximate surface area is 163 Å². The smallest absolute Gasteiger partial charge is 0.223 e. The van der Waals surface area contributed by atoms with Gasteiger partial charge in [0.05, 0.1) is 44.2 Å². The van der Waals surface area contributed by atoms with E-state index in [0.717, 1.165) is 0 Å².